The number of anilines is 1. The number of carboxylic acids is 1. The van der Waals surface area contributed by atoms with Crippen LogP contribution in [0, 0.1) is 11.3 Å². The van der Waals surface area contributed by atoms with Gasteiger partial charge in [-0.2, -0.15) is 18.4 Å². The highest BCUT2D eigenvalue weighted by atomic mass is 19.4. The molecule has 9 nitrogen and oxygen atoms in total. The maximum atomic E-state index is 12.8. The SMILES string of the molecule is C[C@H]1NCc2cncn2Cc2ccc(C#N)c(c2)Oc2ccc3cccc(c3c2)NC1=O.O=C(O)C(F)(F)F. The van der Waals surface area contributed by atoms with Gasteiger partial charge >= 0.3 is 12.1 Å². The zero-order chi connectivity index (χ0) is 28.2. The Balaban J connectivity index is 0.000000448. The number of nitrogens with zero attached hydrogens (tertiary/aromatic N) is 3. The highest BCUT2D eigenvalue weighted by Gasteiger charge is 2.38. The van der Waals surface area contributed by atoms with Gasteiger partial charge < -0.3 is 25.0 Å². The number of aliphatic carboxylic acids is 1. The van der Waals surface area contributed by atoms with Crippen LogP contribution in [0.15, 0.2) is 67.1 Å². The number of nitrogens with one attached hydrogen (secondary N) is 2. The van der Waals surface area contributed by atoms with Gasteiger partial charge in [-0.15, -0.1) is 0 Å². The van der Waals surface area contributed by atoms with E-state index in [4.69, 9.17) is 14.6 Å². The summed E-state index contributed by atoms with van der Waals surface area (Å²) < 4.78 is 39.9. The first-order chi connectivity index (χ1) is 18.5. The zero-order valence-electron chi connectivity index (χ0n) is 20.5. The molecule has 1 aliphatic rings. The van der Waals surface area contributed by atoms with Crippen LogP contribution in [0.4, 0.5) is 18.9 Å². The molecule has 1 aromatic heterocycles. The summed E-state index contributed by atoms with van der Waals surface area (Å²) in [5.41, 5.74) is 3.10. The van der Waals surface area contributed by atoms with Crippen molar-refractivity contribution in [1.29, 1.82) is 5.26 Å². The number of ether oxygens (including phenoxy) is 1. The molecule has 1 amide bonds. The highest BCUT2D eigenvalue weighted by Crippen LogP contribution is 2.32. The lowest BCUT2D eigenvalue weighted by Gasteiger charge is -2.17. The fraction of sp³-hybridized carbons (Fsp3) is 0.185. The lowest BCUT2D eigenvalue weighted by atomic mass is 10.1. The van der Waals surface area contributed by atoms with Crippen molar-refractivity contribution in [3.8, 4) is 17.6 Å². The Bertz CT molecular complexity index is 1580. The predicted octanol–water partition coefficient (Wildman–Crippen LogP) is 4.81. The molecule has 0 aliphatic carbocycles. The van der Waals surface area contributed by atoms with Crippen LogP contribution in [0.2, 0.25) is 0 Å². The molecule has 0 saturated heterocycles. The standard InChI is InChI=1S/C25H21N5O2.C2HF3O2/c1-16-25(31)29-23-4-2-3-18-7-8-21(10-22(18)23)32-24-9-17(5-6-19(24)11-26)14-30-15-27-12-20(30)13-28-16;3-2(4,5)1(6)7/h2-10,12,15-16,28H,13-14H2,1H3,(H,29,31);(H,6,7)/t16-;/m1./s1. The summed E-state index contributed by atoms with van der Waals surface area (Å²) in [4.78, 5) is 26.0. The van der Waals surface area contributed by atoms with Crippen molar-refractivity contribution < 1.29 is 32.6 Å². The second-order valence-electron chi connectivity index (χ2n) is 8.64. The number of imidazole rings is 1. The van der Waals surface area contributed by atoms with Crippen LogP contribution in [0.3, 0.4) is 0 Å². The van der Waals surface area contributed by atoms with Crippen LogP contribution in [0.1, 0.15) is 23.7 Å². The fourth-order valence-electron chi connectivity index (χ4n) is 3.82. The third kappa shape index (κ3) is 6.52. The Morgan fingerprint density at radius 2 is 1.97 bits per heavy atom. The Morgan fingerprint density at radius 1 is 1.21 bits per heavy atom. The lowest BCUT2D eigenvalue weighted by molar-refractivity contribution is -0.192. The van der Waals surface area contributed by atoms with Gasteiger partial charge in [0.2, 0.25) is 5.91 Å². The number of carbonyl (C=O) groups is 2. The van der Waals surface area contributed by atoms with E-state index in [1.165, 1.54) is 0 Å². The van der Waals surface area contributed by atoms with E-state index in [2.05, 4.69) is 21.7 Å². The average molecular weight is 537 g/mol. The molecule has 1 aliphatic heterocycles. The molecule has 4 bridgehead atoms. The number of carbonyl (C=O) groups excluding carboxylic acids is 1. The number of nitriles is 1. The van der Waals surface area contributed by atoms with Gasteiger partial charge in [0.1, 0.15) is 17.6 Å². The Kier molecular flexibility index (Phi) is 7.83. The monoisotopic (exact) mass is 537 g/mol. The third-order valence-electron chi connectivity index (χ3n) is 5.88. The number of hydrogen-bond acceptors (Lipinski definition) is 6. The van der Waals surface area contributed by atoms with Crippen molar-refractivity contribution in [3.63, 3.8) is 0 Å². The number of benzene rings is 3. The summed E-state index contributed by atoms with van der Waals surface area (Å²) in [5.74, 6) is -1.80. The smallest absolute Gasteiger partial charge is 0.475 e. The predicted molar refractivity (Wildman–Crippen MR) is 135 cm³/mol. The van der Waals surface area contributed by atoms with Gasteiger partial charge in [0.25, 0.3) is 0 Å². The van der Waals surface area contributed by atoms with Gasteiger partial charge in [0.15, 0.2) is 0 Å². The number of halogens is 3. The highest BCUT2D eigenvalue weighted by molar-refractivity contribution is 6.04. The van der Waals surface area contributed by atoms with Gasteiger partial charge in [-0.25, -0.2) is 9.78 Å². The van der Waals surface area contributed by atoms with E-state index >= 15 is 0 Å². The van der Waals surface area contributed by atoms with Crippen molar-refractivity contribution in [2.45, 2.75) is 32.2 Å². The van der Waals surface area contributed by atoms with E-state index in [0.717, 1.165) is 22.0 Å². The lowest BCUT2D eigenvalue weighted by Crippen LogP contribution is -2.38. The molecule has 5 rings (SSSR count). The first-order valence-electron chi connectivity index (χ1n) is 11.6. The zero-order valence-corrected chi connectivity index (χ0v) is 20.5. The van der Waals surface area contributed by atoms with Gasteiger partial charge in [0.05, 0.1) is 23.6 Å². The molecule has 0 radical (unpaired) electrons. The minimum Gasteiger partial charge on any atom is -0.475 e. The van der Waals surface area contributed by atoms with Crippen LogP contribution in [-0.4, -0.2) is 38.8 Å². The normalized spacial score (nSPS) is 15.3. The summed E-state index contributed by atoms with van der Waals surface area (Å²) in [6, 6.07) is 18.8. The second kappa shape index (κ2) is 11.2. The molecule has 3 aromatic carbocycles. The molecule has 12 heteroatoms. The molecule has 0 spiro atoms. The summed E-state index contributed by atoms with van der Waals surface area (Å²) in [7, 11) is 0. The van der Waals surface area contributed by atoms with E-state index < -0.39 is 18.2 Å². The number of amides is 1. The Hall–Kier alpha value is -4.89. The van der Waals surface area contributed by atoms with Gasteiger partial charge in [-0.1, -0.05) is 24.3 Å². The summed E-state index contributed by atoms with van der Waals surface area (Å²) in [6.45, 7) is 2.90. The van der Waals surface area contributed by atoms with Gasteiger partial charge in [-0.3, -0.25) is 4.79 Å². The van der Waals surface area contributed by atoms with E-state index in [9.17, 15) is 23.2 Å². The summed E-state index contributed by atoms with van der Waals surface area (Å²) in [6.07, 6.45) is -1.54. The van der Waals surface area contributed by atoms with Crippen LogP contribution >= 0.6 is 0 Å². The molecule has 0 saturated carbocycles. The Morgan fingerprint density at radius 3 is 2.69 bits per heavy atom. The first kappa shape index (κ1) is 27.2. The number of aromatic nitrogens is 2. The molecule has 2 heterocycles. The third-order valence-corrected chi connectivity index (χ3v) is 5.88. The van der Waals surface area contributed by atoms with Crippen molar-refractivity contribution in [2.24, 2.45) is 0 Å². The number of hydrogen-bond donors (Lipinski definition) is 3. The molecule has 3 N–H and O–H groups in total. The number of alkyl halides is 3. The van der Waals surface area contributed by atoms with Crippen LogP contribution in [-0.2, 0) is 22.7 Å². The number of rotatable bonds is 0. The van der Waals surface area contributed by atoms with E-state index in [0.29, 0.717) is 35.8 Å². The van der Waals surface area contributed by atoms with E-state index in [1.807, 2.05) is 60.0 Å². The topological polar surface area (TPSA) is 129 Å². The maximum Gasteiger partial charge on any atom is 0.490 e. The van der Waals surface area contributed by atoms with Gasteiger partial charge in [-0.05, 0) is 48.2 Å². The minimum atomic E-state index is -5.08. The molecule has 200 valence electrons. The fourth-order valence-corrected chi connectivity index (χ4v) is 3.82. The van der Waals surface area contributed by atoms with E-state index in [1.54, 1.807) is 18.6 Å². The molecule has 4 aromatic rings. The summed E-state index contributed by atoms with van der Waals surface area (Å²) >= 11 is 0. The van der Waals surface area contributed by atoms with Crippen molar-refractivity contribution in [3.05, 3.63) is 83.9 Å². The second-order valence-corrected chi connectivity index (χ2v) is 8.64. The molecular weight excluding hydrogens is 515 g/mol. The Labute approximate surface area is 220 Å². The van der Waals surface area contributed by atoms with Gasteiger partial charge in [0, 0.05) is 30.4 Å². The quantitative estimate of drug-likeness (QED) is 0.294. The van der Waals surface area contributed by atoms with E-state index in [-0.39, 0.29) is 5.91 Å². The molecular formula is C27H22F3N5O4. The average Bonchev–Trinajstić information content (AvgIpc) is 3.33. The first-order valence-corrected chi connectivity index (χ1v) is 11.6. The van der Waals surface area contributed by atoms with Crippen LogP contribution in [0.5, 0.6) is 11.5 Å². The van der Waals surface area contributed by atoms with Crippen LogP contribution < -0.4 is 15.4 Å². The number of carboxylic acid groups (broad SMARTS) is 1. The molecule has 0 fully saturated rings. The van der Waals surface area contributed by atoms with Crippen molar-refractivity contribution in [2.75, 3.05) is 5.32 Å². The molecule has 39 heavy (non-hydrogen) atoms. The van der Waals surface area contributed by atoms with Crippen LogP contribution in [0.25, 0.3) is 10.8 Å². The maximum absolute atomic E-state index is 12.8. The van der Waals surface area contributed by atoms with Crippen molar-refractivity contribution >= 4 is 28.3 Å². The minimum absolute atomic E-state index is 0.126. The largest absolute Gasteiger partial charge is 0.490 e. The van der Waals surface area contributed by atoms with Crippen molar-refractivity contribution in [1.82, 2.24) is 14.9 Å². The molecule has 0 unspecified atom stereocenters. The summed E-state index contributed by atoms with van der Waals surface area (Å²) in [5, 5.41) is 24.8. The number of fused-ring (bicyclic) bond motifs is 4. The molecule has 1 atom stereocenters.